The summed E-state index contributed by atoms with van der Waals surface area (Å²) < 4.78 is 17.0. The Kier molecular flexibility index (Phi) is 3.10. The maximum absolute atomic E-state index is 11.8. The molecule has 0 saturated heterocycles. The van der Waals surface area contributed by atoms with Crippen molar-refractivity contribution in [2.75, 3.05) is 0 Å². The Bertz CT molecular complexity index is 364. The van der Waals surface area contributed by atoms with E-state index in [-0.39, 0.29) is 0 Å². The lowest BCUT2D eigenvalue weighted by molar-refractivity contribution is 0.352. The molecule has 1 N–H and O–H groups in total. The van der Waals surface area contributed by atoms with Gasteiger partial charge in [0.05, 0.1) is 5.16 Å². The largest absolute Gasteiger partial charge is 0.413 e. The lowest BCUT2D eigenvalue weighted by Crippen LogP contribution is -2.17. The summed E-state index contributed by atoms with van der Waals surface area (Å²) in [7, 11) is -3.58. The zero-order valence-electron chi connectivity index (χ0n) is 8.77. The lowest BCUT2D eigenvalue weighted by Gasteiger charge is -2.24. The topological polar surface area (TPSA) is 46.5 Å². The van der Waals surface area contributed by atoms with Gasteiger partial charge in [-0.1, -0.05) is 0 Å². The van der Waals surface area contributed by atoms with Crippen LogP contribution in [0.15, 0.2) is 11.4 Å². The van der Waals surface area contributed by atoms with Crippen molar-refractivity contribution in [2.45, 2.75) is 32.9 Å². The van der Waals surface area contributed by atoms with Gasteiger partial charge in [-0.25, -0.2) is 4.57 Å². The van der Waals surface area contributed by atoms with Crippen LogP contribution in [-0.4, -0.2) is 10.0 Å². The monoisotopic (exact) mass is 234 g/mol. The first-order chi connectivity index (χ1) is 6.24. The van der Waals surface area contributed by atoms with Crippen LogP contribution in [-0.2, 0) is 4.57 Å². The molecule has 0 radical (unpaired) electrons. The molecule has 1 rings (SSSR count). The minimum absolute atomic E-state index is 0.533. The third kappa shape index (κ3) is 2.38. The van der Waals surface area contributed by atoms with E-state index in [1.54, 1.807) is 20.8 Å². The predicted molar refractivity (Wildman–Crippen MR) is 59.3 cm³/mol. The summed E-state index contributed by atoms with van der Waals surface area (Å²) >= 11 is 1.34. The molecule has 0 saturated carbocycles. The molecule has 5 heteroatoms. The number of thiophene rings is 1. The molecule has 1 aromatic rings. The molecule has 0 aliphatic rings. The Morgan fingerprint density at radius 3 is 2.43 bits per heavy atom. The van der Waals surface area contributed by atoms with Crippen molar-refractivity contribution in [3.8, 4) is 5.06 Å². The number of hydrogen-bond acceptors (Lipinski definition) is 3. The first kappa shape index (κ1) is 11.8. The van der Waals surface area contributed by atoms with Gasteiger partial charge in [0.15, 0.2) is 5.06 Å². The fourth-order valence-corrected chi connectivity index (χ4v) is 2.47. The van der Waals surface area contributed by atoms with Gasteiger partial charge >= 0.3 is 7.60 Å². The molecule has 0 fully saturated rings. The second kappa shape index (κ2) is 3.69. The standard InChI is InChI=1S/C9H15O3PS/c1-7-5-6-14-8(7)12-13(10,11)9(2,3)4/h5-6H,1-4H3,(H,10,11). The Hall–Kier alpha value is -0.310. The van der Waals surface area contributed by atoms with Crippen LogP contribution in [0.3, 0.4) is 0 Å². The highest BCUT2D eigenvalue weighted by Gasteiger charge is 2.38. The van der Waals surface area contributed by atoms with Gasteiger partial charge in [0, 0.05) is 5.56 Å². The second-order valence-corrected chi connectivity index (χ2v) is 7.62. The van der Waals surface area contributed by atoms with Gasteiger partial charge in [-0.3, -0.25) is 0 Å². The van der Waals surface area contributed by atoms with Gasteiger partial charge in [-0.05, 0) is 39.1 Å². The molecule has 1 unspecified atom stereocenters. The molecule has 3 nitrogen and oxygen atoms in total. The van der Waals surface area contributed by atoms with E-state index in [4.69, 9.17) is 4.52 Å². The summed E-state index contributed by atoms with van der Waals surface area (Å²) in [4.78, 5) is 9.69. The molecular formula is C9H15O3PS. The molecule has 0 aromatic carbocycles. The zero-order chi connectivity index (χ0) is 11.0. The van der Waals surface area contributed by atoms with E-state index in [0.29, 0.717) is 5.06 Å². The van der Waals surface area contributed by atoms with Crippen LogP contribution in [0.2, 0.25) is 0 Å². The molecule has 0 spiro atoms. The zero-order valence-corrected chi connectivity index (χ0v) is 10.5. The predicted octanol–water partition coefficient (Wildman–Crippen LogP) is 3.42. The molecule has 0 aliphatic carbocycles. The molecule has 0 aliphatic heterocycles. The molecular weight excluding hydrogens is 219 g/mol. The summed E-state index contributed by atoms with van der Waals surface area (Å²) in [5.74, 6) is 0. The number of hydrogen-bond donors (Lipinski definition) is 1. The van der Waals surface area contributed by atoms with Crippen molar-refractivity contribution in [3.63, 3.8) is 0 Å². The molecule has 0 bridgehead atoms. The average Bonchev–Trinajstić information content (AvgIpc) is 2.33. The van der Waals surface area contributed by atoms with Crippen LogP contribution < -0.4 is 4.52 Å². The van der Waals surface area contributed by atoms with Gasteiger partial charge in [0.25, 0.3) is 0 Å². The maximum Gasteiger partial charge on any atom is 0.382 e. The molecule has 1 atom stereocenters. The van der Waals surface area contributed by atoms with Crippen LogP contribution in [0.5, 0.6) is 5.06 Å². The van der Waals surface area contributed by atoms with E-state index < -0.39 is 12.8 Å². The quantitative estimate of drug-likeness (QED) is 0.797. The fraction of sp³-hybridized carbons (Fsp3) is 0.556. The van der Waals surface area contributed by atoms with E-state index in [9.17, 15) is 9.46 Å². The van der Waals surface area contributed by atoms with Crippen molar-refractivity contribution < 1.29 is 14.0 Å². The molecule has 14 heavy (non-hydrogen) atoms. The summed E-state index contributed by atoms with van der Waals surface area (Å²) in [6.45, 7) is 6.93. The summed E-state index contributed by atoms with van der Waals surface area (Å²) in [5, 5.41) is 1.63. The van der Waals surface area contributed by atoms with E-state index in [1.165, 1.54) is 11.3 Å². The van der Waals surface area contributed by atoms with Crippen molar-refractivity contribution in [2.24, 2.45) is 0 Å². The van der Waals surface area contributed by atoms with Crippen LogP contribution in [0.1, 0.15) is 26.3 Å². The Morgan fingerprint density at radius 1 is 1.50 bits per heavy atom. The van der Waals surface area contributed by atoms with Crippen LogP contribution in [0.4, 0.5) is 0 Å². The maximum atomic E-state index is 11.8. The smallest absolute Gasteiger partial charge is 0.382 e. The Balaban J connectivity index is 2.90. The average molecular weight is 234 g/mol. The van der Waals surface area contributed by atoms with Gasteiger partial charge in [0.2, 0.25) is 0 Å². The van der Waals surface area contributed by atoms with Gasteiger partial charge in [0.1, 0.15) is 0 Å². The fourth-order valence-electron chi connectivity index (χ4n) is 0.702. The van der Waals surface area contributed by atoms with E-state index in [0.717, 1.165) is 5.56 Å². The van der Waals surface area contributed by atoms with Gasteiger partial charge in [-0.15, -0.1) is 11.3 Å². The first-order valence-electron chi connectivity index (χ1n) is 4.30. The normalized spacial score (nSPS) is 16.4. The van der Waals surface area contributed by atoms with Crippen LogP contribution in [0.25, 0.3) is 0 Å². The molecule has 0 amide bonds. The molecule has 1 aromatic heterocycles. The molecule has 1 heterocycles. The van der Waals surface area contributed by atoms with Crippen molar-refractivity contribution in [1.29, 1.82) is 0 Å². The minimum atomic E-state index is -3.58. The van der Waals surface area contributed by atoms with Crippen molar-refractivity contribution in [1.82, 2.24) is 0 Å². The minimum Gasteiger partial charge on any atom is -0.413 e. The van der Waals surface area contributed by atoms with E-state index in [2.05, 4.69) is 0 Å². The number of aryl methyl sites for hydroxylation is 1. The SMILES string of the molecule is Cc1ccsc1OP(=O)(O)C(C)(C)C. The second-order valence-electron chi connectivity index (χ2n) is 4.17. The number of rotatable bonds is 2. The third-order valence-electron chi connectivity index (χ3n) is 1.87. The summed E-state index contributed by atoms with van der Waals surface area (Å²) in [6.07, 6.45) is 0. The highest BCUT2D eigenvalue weighted by Crippen LogP contribution is 2.55. The van der Waals surface area contributed by atoms with Gasteiger partial charge < -0.3 is 9.42 Å². The highest BCUT2D eigenvalue weighted by molar-refractivity contribution is 7.55. The van der Waals surface area contributed by atoms with Gasteiger partial charge in [-0.2, -0.15) is 0 Å². The lowest BCUT2D eigenvalue weighted by atomic mass is 10.3. The van der Waals surface area contributed by atoms with Crippen molar-refractivity contribution >= 4 is 18.9 Å². The van der Waals surface area contributed by atoms with Crippen LogP contribution >= 0.6 is 18.9 Å². The molecule has 80 valence electrons. The summed E-state index contributed by atoms with van der Waals surface area (Å²) in [5.41, 5.74) is 0.897. The van der Waals surface area contributed by atoms with E-state index in [1.807, 2.05) is 18.4 Å². The van der Waals surface area contributed by atoms with E-state index >= 15 is 0 Å². The van der Waals surface area contributed by atoms with Crippen LogP contribution in [0, 0.1) is 6.92 Å². The highest BCUT2D eigenvalue weighted by atomic mass is 32.1. The summed E-state index contributed by atoms with van der Waals surface area (Å²) in [6, 6.07) is 1.86. The van der Waals surface area contributed by atoms with Crippen molar-refractivity contribution in [3.05, 3.63) is 17.0 Å². The Labute approximate surface area is 88.3 Å². The third-order valence-corrected chi connectivity index (χ3v) is 5.01. The Morgan fingerprint density at radius 2 is 2.07 bits per heavy atom. The first-order valence-corrected chi connectivity index (χ1v) is 6.76.